The van der Waals surface area contributed by atoms with Crippen molar-refractivity contribution in [1.82, 2.24) is 13.9 Å². The van der Waals surface area contributed by atoms with Crippen molar-refractivity contribution in [3.8, 4) is 0 Å². The average Bonchev–Trinajstić information content (AvgIpc) is 3.45. The maximum absolute atomic E-state index is 13.4. The average molecular weight is 641 g/mol. The molecule has 8 nitrogen and oxygen atoms in total. The van der Waals surface area contributed by atoms with Crippen LogP contribution in [0.2, 0.25) is 5.02 Å². The van der Waals surface area contributed by atoms with Crippen LogP contribution in [0, 0.1) is 0 Å². The lowest BCUT2D eigenvalue weighted by atomic mass is 10.2. The molecule has 0 bridgehead atoms. The summed E-state index contributed by atoms with van der Waals surface area (Å²) in [5, 5.41) is 3.14. The van der Waals surface area contributed by atoms with Crippen LogP contribution in [0.4, 0.5) is 0 Å². The maximum atomic E-state index is 13.4. The van der Waals surface area contributed by atoms with E-state index in [2.05, 4.69) is 21.2 Å². The van der Waals surface area contributed by atoms with Gasteiger partial charge in [0.2, 0.25) is 26.0 Å². The fraction of sp³-hybridized carbons (Fsp3) is 0.269. The normalized spacial score (nSPS) is 14.6. The third kappa shape index (κ3) is 7.02. The summed E-state index contributed by atoms with van der Waals surface area (Å²) in [7, 11) is -7.52. The number of hydrogen-bond acceptors (Lipinski definition) is 5. The molecule has 1 aliphatic heterocycles. The summed E-state index contributed by atoms with van der Waals surface area (Å²) in [6, 6.07) is 19.3. The molecule has 38 heavy (non-hydrogen) atoms. The number of benzene rings is 3. The SMILES string of the molecule is O=C(CN(Cc1ccc(Br)cc1)S(=O)(=O)c1ccc(Cl)cc1)NCc1ccc(S(=O)(=O)N2CCCC2)cc1. The molecule has 1 N–H and O–H groups in total. The van der Waals surface area contributed by atoms with Crippen molar-refractivity contribution in [3.05, 3.63) is 93.4 Å². The minimum absolute atomic E-state index is 0.00524. The van der Waals surface area contributed by atoms with E-state index in [1.165, 1.54) is 40.7 Å². The summed E-state index contributed by atoms with van der Waals surface area (Å²) in [6.07, 6.45) is 1.71. The minimum atomic E-state index is -4.00. The van der Waals surface area contributed by atoms with Crippen LogP contribution < -0.4 is 5.32 Å². The molecule has 0 atom stereocenters. The van der Waals surface area contributed by atoms with Crippen LogP contribution in [-0.4, -0.2) is 51.0 Å². The van der Waals surface area contributed by atoms with Crippen molar-refractivity contribution in [1.29, 1.82) is 0 Å². The predicted octanol–water partition coefficient (Wildman–Crippen LogP) is 4.39. The number of sulfonamides is 2. The van der Waals surface area contributed by atoms with Crippen LogP contribution in [0.5, 0.6) is 0 Å². The van der Waals surface area contributed by atoms with Gasteiger partial charge >= 0.3 is 0 Å². The molecular weight excluding hydrogens is 614 g/mol. The molecule has 0 aromatic heterocycles. The molecule has 0 saturated carbocycles. The fourth-order valence-electron chi connectivity index (χ4n) is 4.05. The van der Waals surface area contributed by atoms with E-state index in [0.717, 1.165) is 21.6 Å². The van der Waals surface area contributed by atoms with E-state index in [1.54, 1.807) is 36.4 Å². The lowest BCUT2D eigenvalue weighted by molar-refractivity contribution is -0.121. The summed E-state index contributed by atoms with van der Waals surface area (Å²) in [4.78, 5) is 13.1. The lowest BCUT2D eigenvalue weighted by Gasteiger charge is -2.22. The topological polar surface area (TPSA) is 104 Å². The first-order valence-corrected chi connectivity index (χ1v) is 16.0. The summed E-state index contributed by atoms with van der Waals surface area (Å²) in [6.45, 7) is 0.763. The number of carbonyl (C=O) groups is 1. The van der Waals surface area contributed by atoms with Gasteiger partial charge in [-0.1, -0.05) is 51.8 Å². The molecular formula is C26H27BrClN3O5S2. The Hall–Kier alpha value is -2.28. The molecule has 0 unspecified atom stereocenters. The van der Waals surface area contributed by atoms with Crippen molar-refractivity contribution in [3.63, 3.8) is 0 Å². The Morgan fingerprint density at radius 1 is 0.842 bits per heavy atom. The molecule has 0 aliphatic carbocycles. The van der Waals surface area contributed by atoms with Gasteiger partial charge < -0.3 is 5.32 Å². The monoisotopic (exact) mass is 639 g/mol. The van der Waals surface area contributed by atoms with Crippen molar-refractivity contribution in [2.24, 2.45) is 0 Å². The molecule has 0 radical (unpaired) electrons. The van der Waals surface area contributed by atoms with Gasteiger partial charge in [0, 0.05) is 35.7 Å². The quantitative estimate of drug-likeness (QED) is 0.354. The zero-order valence-electron chi connectivity index (χ0n) is 20.4. The summed E-state index contributed by atoms with van der Waals surface area (Å²) in [5.74, 6) is -0.492. The first-order chi connectivity index (χ1) is 18.1. The van der Waals surface area contributed by atoms with Gasteiger partial charge in [0.25, 0.3) is 0 Å². The highest BCUT2D eigenvalue weighted by Crippen LogP contribution is 2.23. The van der Waals surface area contributed by atoms with E-state index < -0.39 is 32.5 Å². The largest absolute Gasteiger partial charge is 0.351 e. The van der Waals surface area contributed by atoms with Crippen molar-refractivity contribution >= 4 is 53.5 Å². The lowest BCUT2D eigenvalue weighted by Crippen LogP contribution is -2.40. The van der Waals surface area contributed by atoms with Gasteiger partial charge in [0.1, 0.15) is 0 Å². The van der Waals surface area contributed by atoms with Gasteiger partial charge in [-0.3, -0.25) is 4.79 Å². The standard InChI is InChI=1S/C26H27BrClN3O5S2/c27-22-7-3-21(4-8-22)18-31(38(35,36)25-13-9-23(28)10-14-25)19-26(32)29-17-20-5-11-24(12-6-20)37(33,34)30-15-1-2-16-30/h3-14H,1-2,15-19H2,(H,29,32). The molecule has 202 valence electrons. The van der Waals surface area contributed by atoms with Crippen LogP contribution in [0.1, 0.15) is 24.0 Å². The molecule has 1 heterocycles. The minimum Gasteiger partial charge on any atom is -0.351 e. The van der Waals surface area contributed by atoms with Gasteiger partial charge in [-0.2, -0.15) is 8.61 Å². The Morgan fingerprint density at radius 2 is 1.39 bits per heavy atom. The van der Waals surface area contributed by atoms with Crippen molar-refractivity contribution < 1.29 is 21.6 Å². The Kier molecular flexibility index (Phi) is 9.27. The van der Waals surface area contributed by atoms with Gasteiger partial charge in [0.05, 0.1) is 16.3 Å². The van der Waals surface area contributed by atoms with E-state index in [0.29, 0.717) is 29.2 Å². The van der Waals surface area contributed by atoms with Crippen LogP contribution in [0.15, 0.2) is 87.1 Å². The number of halogens is 2. The summed E-state index contributed by atoms with van der Waals surface area (Å²) < 4.78 is 55.7. The van der Waals surface area contributed by atoms with E-state index in [1.807, 2.05) is 0 Å². The Labute approximate surface area is 236 Å². The molecule has 1 saturated heterocycles. The molecule has 12 heteroatoms. The number of hydrogen-bond donors (Lipinski definition) is 1. The Bertz CT molecular complexity index is 1480. The molecule has 1 aliphatic rings. The second-order valence-electron chi connectivity index (χ2n) is 8.89. The molecule has 4 rings (SSSR count). The third-order valence-electron chi connectivity index (χ3n) is 6.16. The number of nitrogens with zero attached hydrogens (tertiary/aromatic N) is 2. The van der Waals surface area contributed by atoms with Crippen LogP contribution in [0.25, 0.3) is 0 Å². The summed E-state index contributed by atoms with van der Waals surface area (Å²) in [5.41, 5.74) is 1.41. The molecule has 1 fully saturated rings. The maximum Gasteiger partial charge on any atom is 0.243 e. The number of nitrogens with one attached hydrogen (secondary N) is 1. The van der Waals surface area contributed by atoms with Crippen LogP contribution in [0.3, 0.4) is 0 Å². The Balaban J connectivity index is 1.45. The predicted molar refractivity (Wildman–Crippen MR) is 149 cm³/mol. The first-order valence-electron chi connectivity index (χ1n) is 11.9. The number of amides is 1. The zero-order chi connectivity index (χ0) is 27.3. The van der Waals surface area contributed by atoms with Crippen LogP contribution >= 0.6 is 27.5 Å². The molecule has 0 spiro atoms. The highest BCUT2D eigenvalue weighted by molar-refractivity contribution is 9.10. The van der Waals surface area contributed by atoms with E-state index in [9.17, 15) is 21.6 Å². The van der Waals surface area contributed by atoms with Crippen molar-refractivity contribution in [2.45, 2.75) is 35.7 Å². The van der Waals surface area contributed by atoms with Gasteiger partial charge in [-0.05, 0) is 72.5 Å². The second kappa shape index (κ2) is 12.3. The second-order valence-corrected chi connectivity index (χ2v) is 14.1. The van der Waals surface area contributed by atoms with Gasteiger partial charge in [-0.25, -0.2) is 16.8 Å². The molecule has 1 amide bonds. The molecule has 3 aromatic rings. The number of carbonyl (C=O) groups excluding carboxylic acids is 1. The highest BCUT2D eigenvalue weighted by atomic mass is 79.9. The first kappa shape index (κ1) is 28.7. The van der Waals surface area contributed by atoms with E-state index >= 15 is 0 Å². The highest BCUT2D eigenvalue weighted by Gasteiger charge is 2.28. The van der Waals surface area contributed by atoms with Crippen molar-refractivity contribution in [2.75, 3.05) is 19.6 Å². The number of rotatable bonds is 10. The van der Waals surface area contributed by atoms with Gasteiger partial charge in [-0.15, -0.1) is 0 Å². The zero-order valence-corrected chi connectivity index (χ0v) is 24.4. The fourth-order valence-corrected chi connectivity index (χ4v) is 7.34. The van der Waals surface area contributed by atoms with Gasteiger partial charge in [0.15, 0.2) is 0 Å². The van der Waals surface area contributed by atoms with Crippen LogP contribution in [-0.2, 0) is 37.9 Å². The smallest absolute Gasteiger partial charge is 0.243 e. The summed E-state index contributed by atoms with van der Waals surface area (Å²) >= 11 is 9.29. The Morgan fingerprint density at radius 3 is 2.00 bits per heavy atom. The van der Waals surface area contributed by atoms with E-state index in [4.69, 9.17) is 11.6 Å². The third-order valence-corrected chi connectivity index (χ3v) is 10.7. The molecule has 3 aromatic carbocycles. The van der Waals surface area contributed by atoms with E-state index in [-0.39, 0.29) is 22.9 Å².